The molecule has 0 bridgehead atoms. The smallest absolute Gasteiger partial charge is 0.256 e. The molecule has 1 aromatic heterocycles. The van der Waals surface area contributed by atoms with Crippen LogP contribution in [0.4, 0.5) is 0 Å². The van der Waals surface area contributed by atoms with E-state index >= 15 is 0 Å². The van der Waals surface area contributed by atoms with Gasteiger partial charge in [0.1, 0.15) is 17.6 Å². The average molecular weight is 400 g/mol. The molecule has 2 aliphatic rings. The van der Waals surface area contributed by atoms with Crippen molar-refractivity contribution in [2.45, 2.75) is 25.0 Å². The Morgan fingerprint density at radius 2 is 1.66 bits per heavy atom. The molecule has 2 aromatic rings. The number of aromatic hydroxyl groups is 1. The molecule has 7 nitrogen and oxygen atoms in total. The Morgan fingerprint density at radius 3 is 2.28 bits per heavy atom. The predicted octanol–water partition coefficient (Wildman–Crippen LogP) is 2.63. The first-order valence-electron chi connectivity index (χ1n) is 10.0. The number of β-amino-alcohol motifs (C(OH)–C–C–N with tert-alkyl or cyclic N) is 1. The van der Waals surface area contributed by atoms with Crippen LogP contribution in [0.1, 0.15) is 24.6 Å². The number of benzene rings is 1. The molecule has 0 amide bonds. The van der Waals surface area contributed by atoms with Gasteiger partial charge in [0.2, 0.25) is 0 Å². The fourth-order valence-corrected chi connectivity index (χ4v) is 4.55. The van der Waals surface area contributed by atoms with E-state index in [0.29, 0.717) is 24.1 Å². The van der Waals surface area contributed by atoms with E-state index in [1.54, 1.807) is 13.2 Å². The van der Waals surface area contributed by atoms with Crippen molar-refractivity contribution in [3.8, 4) is 23.1 Å². The Bertz CT molecular complexity index is 814. The Kier molecular flexibility index (Phi) is 5.78. The van der Waals surface area contributed by atoms with Crippen molar-refractivity contribution < 1.29 is 24.4 Å². The van der Waals surface area contributed by atoms with Crippen LogP contribution in [-0.2, 0) is 0 Å². The maximum absolute atomic E-state index is 10.6. The van der Waals surface area contributed by atoms with Gasteiger partial charge < -0.3 is 24.4 Å². The van der Waals surface area contributed by atoms with Gasteiger partial charge in [0.25, 0.3) is 5.88 Å². The van der Waals surface area contributed by atoms with E-state index in [0.717, 1.165) is 37.4 Å². The van der Waals surface area contributed by atoms with Crippen LogP contribution in [0.3, 0.4) is 0 Å². The molecule has 156 valence electrons. The van der Waals surface area contributed by atoms with Crippen molar-refractivity contribution in [3.63, 3.8) is 0 Å². The molecule has 7 heteroatoms. The summed E-state index contributed by atoms with van der Waals surface area (Å²) in [7, 11) is 3.11. The molecule has 1 aliphatic carbocycles. The molecular weight excluding hydrogens is 372 g/mol. The number of aliphatic hydroxyl groups excluding tert-OH is 1. The Morgan fingerprint density at radius 1 is 1.00 bits per heavy atom. The zero-order valence-corrected chi connectivity index (χ0v) is 16.8. The number of pyridine rings is 1. The average Bonchev–Trinajstić information content (AvgIpc) is 3.26. The van der Waals surface area contributed by atoms with Crippen molar-refractivity contribution in [2.75, 3.05) is 33.9 Å². The quantitative estimate of drug-likeness (QED) is 0.739. The summed E-state index contributed by atoms with van der Waals surface area (Å²) in [6, 6.07) is 10.9. The van der Waals surface area contributed by atoms with Crippen molar-refractivity contribution >= 4 is 0 Å². The van der Waals surface area contributed by atoms with Crippen molar-refractivity contribution in [1.29, 1.82) is 0 Å². The van der Waals surface area contributed by atoms with E-state index in [1.807, 2.05) is 24.3 Å². The third kappa shape index (κ3) is 4.41. The van der Waals surface area contributed by atoms with Gasteiger partial charge in [-0.25, -0.2) is 4.98 Å². The minimum absolute atomic E-state index is 0.0259. The molecular formula is C22H28N2O5. The van der Waals surface area contributed by atoms with Crippen LogP contribution in [0.25, 0.3) is 0 Å². The minimum atomic E-state index is -0.713. The van der Waals surface area contributed by atoms with Crippen LogP contribution in [0.15, 0.2) is 36.4 Å². The Labute approximate surface area is 170 Å². The van der Waals surface area contributed by atoms with E-state index in [-0.39, 0.29) is 17.7 Å². The lowest BCUT2D eigenvalue weighted by atomic mass is 10.0. The van der Waals surface area contributed by atoms with E-state index in [2.05, 4.69) is 9.88 Å². The molecule has 1 saturated heterocycles. The number of aliphatic hydroxyl groups is 1. The molecule has 4 atom stereocenters. The van der Waals surface area contributed by atoms with Crippen molar-refractivity contribution in [1.82, 2.24) is 9.88 Å². The zero-order valence-electron chi connectivity index (χ0n) is 16.8. The predicted molar refractivity (Wildman–Crippen MR) is 107 cm³/mol. The second-order valence-corrected chi connectivity index (χ2v) is 7.91. The molecule has 1 aliphatic heterocycles. The Balaban J connectivity index is 1.28. The normalized spacial score (nSPS) is 24.9. The molecule has 2 unspecified atom stereocenters. The van der Waals surface area contributed by atoms with Crippen LogP contribution in [-0.4, -0.2) is 60.1 Å². The summed E-state index contributed by atoms with van der Waals surface area (Å²) >= 11 is 0. The summed E-state index contributed by atoms with van der Waals surface area (Å²) < 4.78 is 16.4. The standard InChI is InChI=1S/C22H28N2O5/c1-27-16-3-5-17(6-4-16)29-18-9-14-11-24(12-15(14)10-18)13-21(26)19-7-8-20(25)22(23-19)28-2/h3-8,14-15,18,21,25-26H,9-13H2,1-2H3/t14-,15+,18?,21?. The molecule has 2 fully saturated rings. The third-order valence-corrected chi connectivity index (χ3v) is 5.97. The molecule has 29 heavy (non-hydrogen) atoms. The first-order chi connectivity index (χ1) is 14.1. The number of likely N-dealkylation sites (tertiary alicyclic amines) is 1. The van der Waals surface area contributed by atoms with Crippen LogP contribution >= 0.6 is 0 Å². The molecule has 2 heterocycles. The van der Waals surface area contributed by atoms with Crippen LogP contribution < -0.4 is 14.2 Å². The lowest BCUT2D eigenvalue weighted by molar-refractivity contribution is 0.112. The van der Waals surface area contributed by atoms with Crippen LogP contribution in [0.5, 0.6) is 23.1 Å². The topological polar surface area (TPSA) is 84.3 Å². The highest BCUT2D eigenvalue weighted by atomic mass is 16.5. The first-order valence-corrected chi connectivity index (χ1v) is 10.0. The van der Waals surface area contributed by atoms with E-state index in [9.17, 15) is 10.2 Å². The van der Waals surface area contributed by atoms with Gasteiger partial charge >= 0.3 is 0 Å². The monoisotopic (exact) mass is 400 g/mol. The summed E-state index contributed by atoms with van der Waals surface area (Å²) in [6.45, 7) is 2.44. The lowest BCUT2D eigenvalue weighted by Gasteiger charge is -2.22. The van der Waals surface area contributed by atoms with Gasteiger partial charge in [0.05, 0.1) is 26.0 Å². The summed E-state index contributed by atoms with van der Waals surface area (Å²) in [5, 5.41) is 20.2. The second kappa shape index (κ2) is 8.47. The number of hydrogen-bond donors (Lipinski definition) is 2. The fourth-order valence-electron chi connectivity index (χ4n) is 4.55. The highest BCUT2D eigenvalue weighted by Gasteiger charge is 2.42. The maximum atomic E-state index is 10.6. The number of nitrogens with zero attached hydrogens (tertiary/aromatic N) is 2. The number of rotatable bonds is 7. The molecule has 0 radical (unpaired) electrons. The molecule has 2 N–H and O–H groups in total. The lowest BCUT2D eigenvalue weighted by Crippen LogP contribution is -2.29. The maximum Gasteiger partial charge on any atom is 0.256 e. The molecule has 1 aromatic carbocycles. The van der Waals surface area contributed by atoms with Crippen LogP contribution in [0, 0.1) is 11.8 Å². The van der Waals surface area contributed by atoms with E-state index < -0.39 is 6.10 Å². The molecule has 4 rings (SSSR count). The van der Waals surface area contributed by atoms with Crippen LogP contribution in [0.2, 0.25) is 0 Å². The third-order valence-electron chi connectivity index (χ3n) is 5.97. The number of ether oxygens (including phenoxy) is 3. The highest BCUT2D eigenvalue weighted by molar-refractivity contribution is 5.34. The van der Waals surface area contributed by atoms with Gasteiger partial charge in [-0.2, -0.15) is 0 Å². The van der Waals surface area contributed by atoms with Crippen molar-refractivity contribution in [3.05, 3.63) is 42.1 Å². The number of hydrogen-bond acceptors (Lipinski definition) is 7. The summed E-state index contributed by atoms with van der Waals surface area (Å²) in [5.41, 5.74) is 0.512. The highest BCUT2D eigenvalue weighted by Crippen LogP contribution is 2.40. The number of fused-ring (bicyclic) bond motifs is 1. The number of aromatic nitrogens is 1. The van der Waals surface area contributed by atoms with Crippen molar-refractivity contribution in [2.24, 2.45) is 11.8 Å². The van der Waals surface area contributed by atoms with E-state index in [4.69, 9.17) is 14.2 Å². The fraction of sp³-hybridized carbons (Fsp3) is 0.500. The summed E-state index contributed by atoms with van der Waals surface area (Å²) in [5.74, 6) is 3.01. The zero-order chi connectivity index (χ0) is 20.4. The van der Waals surface area contributed by atoms with Gasteiger partial charge in [-0.15, -0.1) is 0 Å². The molecule has 0 spiro atoms. The van der Waals surface area contributed by atoms with Gasteiger partial charge in [-0.05, 0) is 61.1 Å². The largest absolute Gasteiger partial charge is 0.503 e. The van der Waals surface area contributed by atoms with Gasteiger partial charge in [-0.3, -0.25) is 4.90 Å². The SMILES string of the molecule is COc1ccc(OC2C[C@@H]3CN(CC(O)c4ccc(O)c(OC)n4)C[C@@H]3C2)cc1. The second-order valence-electron chi connectivity index (χ2n) is 7.91. The van der Waals surface area contributed by atoms with Gasteiger partial charge in [0.15, 0.2) is 5.75 Å². The number of methoxy groups -OCH3 is 2. The first kappa shape index (κ1) is 19.8. The summed E-state index contributed by atoms with van der Waals surface area (Å²) in [4.78, 5) is 6.49. The molecule has 1 saturated carbocycles. The Hall–Kier alpha value is -2.51. The van der Waals surface area contributed by atoms with E-state index in [1.165, 1.54) is 13.2 Å². The van der Waals surface area contributed by atoms with Gasteiger partial charge in [-0.1, -0.05) is 0 Å². The minimum Gasteiger partial charge on any atom is -0.503 e. The van der Waals surface area contributed by atoms with Gasteiger partial charge in [0, 0.05) is 19.6 Å². The summed E-state index contributed by atoms with van der Waals surface area (Å²) in [6.07, 6.45) is 1.60.